The fourth-order valence-electron chi connectivity index (χ4n) is 5.82. The quantitative estimate of drug-likeness (QED) is 0.638. The summed E-state index contributed by atoms with van der Waals surface area (Å²) in [6, 6.07) is 6.89. The van der Waals surface area contributed by atoms with Gasteiger partial charge in [0, 0.05) is 37.4 Å². The van der Waals surface area contributed by atoms with Gasteiger partial charge in [0.15, 0.2) is 0 Å². The topological polar surface area (TPSA) is 63.4 Å². The van der Waals surface area contributed by atoms with Crippen LogP contribution >= 0.6 is 0 Å². The number of aromatic nitrogens is 3. The van der Waals surface area contributed by atoms with Gasteiger partial charge in [0.05, 0.1) is 17.8 Å². The first-order valence-electron chi connectivity index (χ1n) is 10.6. The lowest BCUT2D eigenvalue weighted by Crippen LogP contribution is -2.35. The molecule has 3 saturated carbocycles. The number of halogens is 2. The third-order valence-electron chi connectivity index (χ3n) is 7.15. The second-order valence-corrected chi connectivity index (χ2v) is 9.12. The van der Waals surface area contributed by atoms with Crippen LogP contribution in [0.5, 0.6) is 0 Å². The fourth-order valence-corrected chi connectivity index (χ4v) is 5.82. The van der Waals surface area contributed by atoms with E-state index < -0.39 is 17.7 Å². The van der Waals surface area contributed by atoms with E-state index in [4.69, 9.17) is 0 Å². The Balaban J connectivity index is 1.20. The van der Waals surface area contributed by atoms with Crippen LogP contribution in [0, 0.1) is 28.9 Å². The average molecular weight is 421 g/mol. The van der Waals surface area contributed by atoms with Crippen molar-refractivity contribution in [3.8, 4) is 0 Å². The van der Waals surface area contributed by atoms with Crippen LogP contribution in [0.2, 0.25) is 0 Å². The van der Waals surface area contributed by atoms with Gasteiger partial charge < -0.3 is 0 Å². The van der Waals surface area contributed by atoms with Crippen molar-refractivity contribution in [3.63, 3.8) is 0 Å². The molecule has 158 valence electrons. The average Bonchev–Trinajstić information content (AvgIpc) is 3.49. The van der Waals surface area contributed by atoms with Crippen LogP contribution in [-0.4, -0.2) is 31.9 Å². The van der Waals surface area contributed by atoms with Crippen molar-refractivity contribution in [2.75, 3.05) is 0 Å². The van der Waals surface area contributed by atoms with E-state index in [9.17, 15) is 13.6 Å². The van der Waals surface area contributed by atoms with Gasteiger partial charge in [-0.3, -0.25) is 14.5 Å². The first-order valence-corrected chi connectivity index (χ1v) is 10.6. The first-order chi connectivity index (χ1) is 15.0. The number of fused-ring (bicyclic) bond motifs is 2. The lowest BCUT2D eigenvalue weighted by Gasteiger charge is -2.38. The third kappa shape index (κ3) is 2.96. The SMILES string of the molecule is O=C([C@H]1CC2(Cn3ncc4ncccc43)CC1C2)N1N=CCC1c1cc(F)cc(F)c1. The van der Waals surface area contributed by atoms with Gasteiger partial charge in [-0.05, 0) is 60.4 Å². The van der Waals surface area contributed by atoms with Crippen LogP contribution in [0.15, 0.2) is 47.8 Å². The molecule has 1 unspecified atom stereocenters. The summed E-state index contributed by atoms with van der Waals surface area (Å²) in [5.41, 5.74) is 2.38. The molecule has 3 aromatic rings. The Morgan fingerprint density at radius 3 is 2.77 bits per heavy atom. The largest absolute Gasteiger partial charge is 0.273 e. The molecule has 4 aliphatic rings. The minimum atomic E-state index is -0.641. The van der Waals surface area contributed by atoms with Crippen LogP contribution in [0.25, 0.3) is 11.0 Å². The number of amides is 1. The molecule has 3 fully saturated rings. The first kappa shape index (κ1) is 18.6. The van der Waals surface area contributed by atoms with Gasteiger partial charge in [-0.15, -0.1) is 0 Å². The van der Waals surface area contributed by atoms with Crippen molar-refractivity contribution in [1.82, 2.24) is 19.8 Å². The molecule has 31 heavy (non-hydrogen) atoms. The number of carbonyl (C=O) groups is 1. The van der Waals surface area contributed by atoms with Crippen LogP contribution in [0.3, 0.4) is 0 Å². The highest BCUT2D eigenvalue weighted by Crippen LogP contribution is 2.63. The summed E-state index contributed by atoms with van der Waals surface area (Å²) in [5.74, 6) is -1.11. The zero-order valence-corrected chi connectivity index (χ0v) is 16.8. The number of hydrogen-bond acceptors (Lipinski definition) is 4. The molecule has 1 aromatic carbocycles. The summed E-state index contributed by atoms with van der Waals surface area (Å²) in [4.78, 5) is 17.7. The summed E-state index contributed by atoms with van der Waals surface area (Å²) in [5, 5.41) is 10.2. The molecule has 2 atom stereocenters. The number of pyridine rings is 1. The third-order valence-corrected chi connectivity index (χ3v) is 7.15. The van der Waals surface area contributed by atoms with Crippen LogP contribution < -0.4 is 0 Å². The van der Waals surface area contributed by atoms with Gasteiger partial charge in [0.1, 0.15) is 17.2 Å². The number of nitrogens with zero attached hydrogens (tertiary/aromatic N) is 5. The van der Waals surface area contributed by atoms with E-state index in [1.165, 1.54) is 17.1 Å². The van der Waals surface area contributed by atoms with E-state index in [1.54, 1.807) is 18.6 Å². The van der Waals surface area contributed by atoms with Crippen molar-refractivity contribution >= 4 is 23.2 Å². The number of hydrogen-bond donors (Lipinski definition) is 0. The van der Waals surface area contributed by atoms with Crippen LogP contribution in [0.1, 0.15) is 37.3 Å². The van der Waals surface area contributed by atoms with Gasteiger partial charge in [-0.2, -0.15) is 10.2 Å². The predicted octanol–water partition coefficient (Wildman–Crippen LogP) is 4.09. The molecule has 1 amide bonds. The van der Waals surface area contributed by atoms with E-state index in [-0.39, 0.29) is 17.2 Å². The van der Waals surface area contributed by atoms with Crippen molar-refractivity contribution in [2.45, 2.75) is 38.3 Å². The van der Waals surface area contributed by atoms with Crippen molar-refractivity contribution in [2.24, 2.45) is 22.4 Å². The Kier molecular flexibility index (Phi) is 4.00. The Morgan fingerprint density at radius 2 is 1.97 bits per heavy atom. The summed E-state index contributed by atoms with van der Waals surface area (Å²) in [7, 11) is 0. The zero-order valence-electron chi connectivity index (χ0n) is 16.8. The Labute approximate surface area is 177 Å². The summed E-state index contributed by atoms with van der Waals surface area (Å²) < 4.78 is 29.4. The van der Waals surface area contributed by atoms with Crippen molar-refractivity contribution < 1.29 is 13.6 Å². The molecule has 3 heterocycles. The maximum absolute atomic E-state index is 13.7. The second-order valence-electron chi connectivity index (χ2n) is 9.12. The van der Waals surface area contributed by atoms with Gasteiger partial charge in [0.25, 0.3) is 0 Å². The normalized spacial score (nSPS) is 29.0. The second kappa shape index (κ2) is 6.67. The van der Waals surface area contributed by atoms with Gasteiger partial charge in [0.2, 0.25) is 5.91 Å². The Bertz CT molecular complexity index is 1200. The van der Waals surface area contributed by atoms with Gasteiger partial charge >= 0.3 is 0 Å². The van der Waals surface area contributed by atoms with Crippen LogP contribution in [-0.2, 0) is 11.3 Å². The van der Waals surface area contributed by atoms with E-state index in [0.717, 1.165) is 42.9 Å². The molecule has 8 heteroatoms. The Morgan fingerprint density at radius 1 is 1.16 bits per heavy atom. The molecular weight excluding hydrogens is 400 g/mol. The van der Waals surface area contributed by atoms with Crippen LogP contribution in [0.4, 0.5) is 8.78 Å². The molecule has 7 rings (SSSR count). The maximum Gasteiger partial charge on any atom is 0.246 e. The molecule has 1 aliphatic heterocycles. The zero-order chi connectivity index (χ0) is 21.2. The number of rotatable bonds is 4. The molecule has 3 aliphatic carbocycles. The molecular formula is C23H21F2N5O. The molecule has 0 spiro atoms. The van der Waals surface area contributed by atoms with E-state index in [2.05, 4.69) is 15.2 Å². The summed E-state index contributed by atoms with van der Waals surface area (Å²) in [6.45, 7) is 0.768. The molecule has 0 radical (unpaired) electrons. The molecule has 2 aromatic heterocycles. The number of hydrazone groups is 1. The standard InChI is InChI=1S/C23H21F2N5O/c24-16-6-14(7-17(25)8-16)20-3-5-27-30(20)22(31)18-11-23(9-15(18)10-23)13-29-21-2-1-4-26-19(21)12-28-29/h1-2,4-8,12,15,18,20H,3,9-11,13H2/t15?,18-,20?,23?/m0/s1. The minimum absolute atomic E-state index is 0.0419. The van der Waals surface area contributed by atoms with E-state index in [1.807, 2.05) is 16.8 Å². The van der Waals surface area contributed by atoms with E-state index >= 15 is 0 Å². The van der Waals surface area contributed by atoms with Crippen molar-refractivity contribution in [3.05, 3.63) is 59.9 Å². The molecule has 0 N–H and O–H groups in total. The Hall–Kier alpha value is -3.16. The predicted molar refractivity (Wildman–Crippen MR) is 110 cm³/mol. The lowest BCUT2D eigenvalue weighted by atomic mass is 9.69. The smallest absolute Gasteiger partial charge is 0.246 e. The van der Waals surface area contributed by atoms with Crippen molar-refractivity contribution in [1.29, 1.82) is 0 Å². The summed E-state index contributed by atoms with van der Waals surface area (Å²) >= 11 is 0. The lowest BCUT2D eigenvalue weighted by molar-refractivity contribution is -0.138. The summed E-state index contributed by atoms with van der Waals surface area (Å²) in [6.07, 6.45) is 8.42. The minimum Gasteiger partial charge on any atom is -0.273 e. The highest BCUT2D eigenvalue weighted by atomic mass is 19.1. The molecule has 6 nitrogen and oxygen atoms in total. The highest BCUT2D eigenvalue weighted by molar-refractivity contribution is 5.83. The number of carbonyl (C=O) groups excluding carboxylic acids is 1. The van der Waals surface area contributed by atoms with Gasteiger partial charge in [-0.1, -0.05) is 0 Å². The number of benzene rings is 1. The van der Waals surface area contributed by atoms with E-state index in [0.29, 0.717) is 17.9 Å². The highest BCUT2D eigenvalue weighted by Gasteiger charge is 2.59. The monoisotopic (exact) mass is 421 g/mol. The molecule has 0 saturated heterocycles. The molecule has 2 bridgehead atoms. The maximum atomic E-state index is 13.7. The fraction of sp³-hybridized carbons (Fsp3) is 0.391. The van der Waals surface area contributed by atoms with Gasteiger partial charge in [-0.25, -0.2) is 13.8 Å².